The summed E-state index contributed by atoms with van der Waals surface area (Å²) in [6.45, 7) is 0. The van der Waals surface area contributed by atoms with Crippen LogP contribution >= 0.6 is 15.9 Å². The van der Waals surface area contributed by atoms with E-state index in [9.17, 15) is 9.59 Å². The van der Waals surface area contributed by atoms with Crippen molar-refractivity contribution in [2.75, 3.05) is 5.32 Å². The van der Waals surface area contributed by atoms with Crippen molar-refractivity contribution < 1.29 is 9.59 Å². The third kappa shape index (κ3) is 4.83. The zero-order valence-electron chi connectivity index (χ0n) is 18.5. The standard InChI is InChI=1S/C29H20BrN3O2/c30-27-12-6-5-11-25(27)29(35)32-22-15-13-19(14-16-22)28(34)33-31-18-26-23-9-3-1-7-20(23)17-21-8-2-4-10-24(21)26/h1-18H,(H,32,35)(H,33,34)/b31-18+. The highest BCUT2D eigenvalue weighted by Gasteiger charge is 2.11. The number of nitrogens with one attached hydrogen (secondary N) is 2. The van der Waals surface area contributed by atoms with Gasteiger partial charge in [0.05, 0.1) is 11.8 Å². The van der Waals surface area contributed by atoms with Gasteiger partial charge in [0, 0.05) is 21.3 Å². The van der Waals surface area contributed by atoms with E-state index in [4.69, 9.17) is 0 Å². The van der Waals surface area contributed by atoms with Gasteiger partial charge in [0.15, 0.2) is 0 Å². The molecule has 0 aliphatic rings. The molecule has 5 aromatic rings. The number of anilines is 1. The fourth-order valence-corrected chi connectivity index (χ4v) is 4.42. The van der Waals surface area contributed by atoms with Crippen LogP contribution in [0.1, 0.15) is 26.3 Å². The van der Waals surface area contributed by atoms with Crippen molar-refractivity contribution in [1.29, 1.82) is 0 Å². The minimum atomic E-state index is -0.338. The molecule has 0 unspecified atom stereocenters. The Labute approximate surface area is 210 Å². The average molecular weight is 522 g/mol. The molecule has 2 amide bonds. The highest BCUT2D eigenvalue weighted by Crippen LogP contribution is 2.27. The van der Waals surface area contributed by atoms with E-state index < -0.39 is 0 Å². The van der Waals surface area contributed by atoms with Crippen LogP contribution in [0.5, 0.6) is 0 Å². The first kappa shape index (κ1) is 22.5. The number of benzene rings is 5. The van der Waals surface area contributed by atoms with Crippen LogP contribution in [0.4, 0.5) is 5.69 Å². The van der Waals surface area contributed by atoms with Crippen LogP contribution in [0.3, 0.4) is 0 Å². The van der Waals surface area contributed by atoms with E-state index >= 15 is 0 Å². The van der Waals surface area contributed by atoms with Crippen LogP contribution in [0.2, 0.25) is 0 Å². The fraction of sp³-hybridized carbons (Fsp3) is 0. The van der Waals surface area contributed by atoms with E-state index in [1.54, 1.807) is 42.6 Å². The topological polar surface area (TPSA) is 70.6 Å². The molecular formula is C29H20BrN3O2. The summed E-state index contributed by atoms with van der Waals surface area (Å²) in [5.41, 5.74) is 5.11. The van der Waals surface area contributed by atoms with Crippen molar-refractivity contribution in [2.24, 2.45) is 5.10 Å². The van der Waals surface area contributed by atoms with Crippen LogP contribution in [0.15, 0.2) is 113 Å². The molecule has 0 atom stereocenters. The molecule has 0 aliphatic heterocycles. The Hall–Kier alpha value is -4.29. The molecular weight excluding hydrogens is 502 g/mol. The van der Waals surface area contributed by atoms with E-state index in [0.29, 0.717) is 21.3 Å². The zero-order chi connectivity index (χ0) is 24.2. The van der Waals surface area contributed by atoms with Gasteiger partial charge in [-0.25, -0.2) is 5.43 Å². The van der Waals surface area contributed by atoms with Gasteiger partial charge in [0.25, 0.3) is 11.8 Å². The molecule has 0 heterocycles. The van der Waals surface area contributed by atoms with Crippen molar-refractivity contribution in [3.63, 3.8) is 0 Å². The van der Waals surface area contributed by atoms with E-state index in [1.807, 2.05) is 48.5 Å². The average Bonchev–Trinajstić information content (AvgIpc) is 2.89. The Kier molecular flexibility index (Phi) is 6.37. The van der Waals surface area contributed by atoms with Gasteiger partial charge in [-0.3, -0.25) is 9.59 Å². The monoisotopic (exact) mass is 521 g/mol. The van der Waals surface area contributed by atoms with Gasteiger partial charge >= 0.3 is 0 Å². The number of hydrogen-bond donors (Lipinski definition) is 2. The van der Waals surface area contributed by atoms with E-state index in [0.717, 1.165) is 27.1 Å². The van der Waals surface area contributed by atoms with E-state index in [1.165, 1.54) is 0 Å². The molecule has 0 saturated carbocycles. The number of rotatable bonds is 5. The molecule has 35 heavy (non-hydrogen) atoms. The maximum Gasteiger partial charge on any atom is 0.271 e. The van der Waals surface area contributed by atoms with E-state index in [-0.39, 0.29) is 11.8 Å². The van der Waals surface area contributed by atoms with Crippen LogP contribution in [-0.4, -0.2) is 18.0 Å². The minimum absolute atomic E-state index is 0.235. The predicted molar refractivity (Wildman–Crippen MR) is 145 cm³/mol. The Bertz CT molecular complexity index is 1540. The van der Waals surface area contributed by atoms with Crippen molar-refractivity contribution in [1.82, 2.24) is 5.43 Å². The summed E-state index contributed by atoms with van der Waals surface area (Å²) >= 11 is 3.38. The SMILES string of the molecule is O=C(N/N=C/c1c2ccccc2cc2ccccc12)c1ccc(NC(=O)c2ccccc2Br)cc1. The van der Waals surface area contributed by atoms with Gasteiger partial charge in [-0.2, -0.15) is 5.10 Å². The molecule has 5 rings (SSSR count). The molecule has 5 nitrogen and oxygen atoms in total. The van der Waals surface area contributed by atoms with Crippen molar-refractivity contribution >= 4 is 61.2 Å². The second kappa shape index (κ2) is 9.91. The highest BCUT2D eigenvalue weighted by molar-refractivity contribution is 9.10. The smallest absolute Gasteiger partial charge is 0.271 e. The molecule has 0 spiro atoms. The molecule has 6 heteroatoms. The number of amides is 2. The maximum absolute atomic E-state index is 12.6. The number of hydrazone groups is 1. The lowest BCUT2D eigenvalue weighted by molar-refractivity contribution is 0.0954. The number of fused-ring (bicyclic) bond motifs is 2. The summed E-state index contributed by atoms with van der Waals surface area (Å²) in [5, 5.41) is 11.4. The summed E-state index contributed by atoms with van der Waals surface area (Å²) in [6.07, 6.45) is 1.69. The molecule has 0 aromatic heterocycles. The predicted octanol–water partition coefficient (Wildman–Crippen LogP) is 6.77. The van der Waals surface area contributed by atoms with Crippen LogP contribution in [0, 0.1) is 0 Å². The number of carbonyl (C=O) groups is 2. The largest absolute Gasteiger partial charge is 0.322 e. The van der Waals surface area contributed by atoms with Crippen molar-refractivity contribution in [2.45, 2.75) is 0 Å². The molecule has 170 valence electrons. The molecule has 0 fully saturated rings. The lowest BCUT2D eigenvalue weighted by Gasteiger charge is -2.08. The van der Waals surface area contributed by atoms with Crippen molar-refractivity contribution in [3.8, 4) is 0 Å². The van der Waals surface area contributed by atoms with E-state index in [2.05, 4.69) is 50.0 Å². The minimum Gasteiger partial charge on any atom is -0.322 e. The van der Waals surface area contributed by atoms with Crippen molar-refractivity contribution in [3.05, 3.63) is 124 Å². The summed E-state index contributed by atoms with van der Waals surface area (Å²) in [5.74, 6) is -0.573. The summed E-state index contributed by atoms with van der Waals surface area (Å²) < 4.78 is 0.713. The first-order chi connectivity index (χ1) is 17.1. The molecule has 5 aromatic carbocycles. The van der Waals surface area contributed by atoms with Crippen LogP contribution in [-0.2, 0) is 0 Å². The maximum atomic E-state index is 12.6. The summed E-state index contributed by atoms with van der Waals surface area (Å²) in [7, 11) is 0. The quantitative estimate of drug-likeness (QED) is 0.152. The first-order valence-electron chi connectivity index (χ1n) is 11.0. The fourth-order valence-electron chi connectivity index (χ4n) is 3.96. The second-order valence-electron chi connectivity index (χ2n) is 7.94. The molecule has 0 saturated heterocycles. The highest BCUT2D eigenvalue weighted by atomic mass is 79.9. The third-order valence-electron chi connectivity index (χ3n) is 5.70. The molecule has 0 aliphatic carbocycles. The van der Waals surface area contributed by atoms with Gasteiger partial charge in [0.2, 0.25) is 0 Å². The lowest BCUT2D eigenvalue weighted by atomic mass is 9.97. The number of halogens is 1. The molecule has 0 bridgehead atoms. The Morgan fingerprint density at radius 1 is 0.714 bits per heavy atom. The normalized spacial score (nSPS) is 11.1. The number of nitrogens with zero attached hydrogens (tertiary/aromatic N) is 1. The number of carbonyl (C=O) groups excluding carboxylic acids is 2. The van der Waals surface area contributed by atoms with Gasteiger partial charge in [-0.05, 0) is 79.9 Å². The number of hydrogen-bond acceptors (Lipinski definition) is 3. The van der Waals surface area contributed by atoms with Gasteiger partial charge in [0.1, 0.15) is 0 Å². The Morgan fingerprint density at radius 3 is 1.97 bits per heavy atom. The van der Waals surface area contributed by atoms with Crippen LogP contribution in [0.25, 0.3) is 21.5 Å². The first-order valence-corrected chi connectivity index (χ1v) is 11.8. The summed E-state index contributed by atoms with van der Waals surface area (Å²) in [4.78, 5) is 25.1. The molecule has 2 N–H and O–H groups in total. The van der Waals surface area contributed by atoms with Gasteiger partial charge in [-0.1, -0.05) is 60.7 Å². The second-order valence-corrected chi connectivity index (χ2v) is 8.80. The Balaban J connectivity index is 1.31. The Morgan fingerprint density at radius 2 is 1.31 bits per heavy atom. The third-order valence-corrected chi connectivity index (χ3v) is 6.39. The van der Waals surface area contributed by atoms with Crippen LogP contribution < -0.4 is 10.7 Å². The molecule has 0 radical (unpaired) electrons. The van der Waals surface area contributed by atoms with Gasteiger partial charge in [-0.15, -0.1) is 0 Å². The zero-order valence-corrected chi connectivity index (χ0v) is 20.1. The summed E-state index contributed by atoms with van der Waals surface area (Å²) in [6, 6.07) is 32.2. The lowest BCUT2D eigenvalue weighted by Crippen LogP contribution is -2.18. The van der Waals surface area contributed by atoms with Gasteiger partial charge < -0.3 is 5.32 Å².